The van der Waals surface area contributed by atoms with Crippen LogP contribution in [0, 0.1) is 0 Å². The number of hydrogen-bond donors (Lipinski definition) is 1. The minimum absolute atomic E-state index is 0.0555. The van der Waals surface area contributed by atoms with Crippen molar-refractivity contribution in [3.05, 3.63) is 47.5 Å². The molecule has 0 amide bonds. The lowest BCUT2D eigenvalue weighted by atomic mass is 10.1. The fourth-order valence-corrected chi connectivity index (χ4v) is 2.76. The van der Waals surface area contributed by atoms with Gasteiger partial charge in [0.05, 0.1) is 0 Å². The number of alkyl halides is 2. The SMILES string of the molecule is Nc1cccc2c1CN(c1ccc3c(c1)OC(F)(F)O3)C2. The second kappa shape index (κ2) is 4.00. The summed E-state index contributed by atoms with van der Waals surface area (Å²) in [5.41, 5.74) is 9.75. The van der Waals surface area contributed by atoms with Crippen molar-refractivity contribution in [2.45, 2.75) is 19.4 Å². The maximum atomic E-state index is 13.0. The van der Waals surface area contributed by atoms with Crippen LogP contribution in [0.3, 0.4) is 0 Å². The zero-order valence-corrected chi connectivity index (χ0v) is 11.0. The van der Waals surface area contributed by atoms with E-state index < -0.39 is 6.29 Å². The molecule has 0 unspecified atom stereocenters. The molecular weight excluding hydrogens is 278 g/mol. The molecule has 0 bridgehead atoms. The molecular formula is C15H12F2N2O2. The van der Waals surface area contributed by atoms with Crippen molar-refractivity contribution in [3.8, 4) is 11.5 Å². The highest BCUT2D eigenvalue weighted by Crippen LogP contribution is 2.44. The van der Waals surface area contributed by atoms with E-state index in [9.17, 15) is 8.78 Å². The zero-order valence-electron chi connectivity index (χ0n) is 11.0. The average molecular weight is 290 g/mol. The third kappa shape index (κ3) is 1.94. The monoisotopic (exact) mass is 290 g/mol. The second-order valence-corrected chi connectivity index (χ2v) is 5.14. The molecule has 6 heteroatoms. The van der Waals surface area contributed by atoms with Crippen molar-refractivity contribution in [2.75, 3.05) is 10.6 Å². The molecule has 2 N–H and O–H groups in total. The number of fused-ring (bicyclic) bond motifs is 2. The van der Waals surface area contributed by atoms with Gasteiger partial charge in [-0.1, -0.05) is 12.1 Å². The summed E-state index contributed by atoms with van der Waals surface area (Å²) in [6, 6.07) is 10.6. The van der Waals surface area contributed by atoms with Gasteiger partial charge in [-0.25, -0.2) is 0 Å². The van der Waals surface area contributed by atoms with Gasteiger partial charge in [0.2, 0.25) is 0 Å². The van der Waals surface area contributed by atoms with Crippen molar-refractivity contribution < 1.29 is 18.3 Å². The van der Waals surface area contributed by atoms with Crippen LogP contribution in [0.4, 0.5) is 20.2 Å². The quantitative estimate of drug-likeness (QED) is 0.820. The molecule has 0 saturated heterocycles. The van der Waals surface area contributed by atoms with E-state index in [1.807, 2.05) is 18.2 Å². The number of benzene rings is 2. The molecule has 4 rings (SSSR count). The van der Waals surface area contributed by atoms with Gasteiger partial charge in [-0.05, 0) is 29.3 Å². The molecule has 21 heavy (non-hydrogen) atoms. The third-order valence-electron chi connectivity index (χ3n) is 3.77. The van der Waals surface area contributed by atoms with Gasteiger partial charge in [0, 0.05) is 30.5 Å². The summed E-state index contributed by atoms with van der Waals surface area (Å²) in [6.45, 7) is 1.34. The Morgan fingerprint density at radius 1 is 1.05 bits per heavy atom. The van der Waals surface area contributed by atoms with Gasteiger partial charge in [-0.15, -0.1) is 8.78 Å². The van der Waals surface area contributed by atoms with Gasteiger partial charge < -0.3 is 20.1 Å². The Balaban J connectivity index is 1.64. The molecule has 4 nitrogen and oxygen atoms in total. The summed E-state index contributed by atoms with van der Waals surface area (Å²) >= 11 is 0. The van der Waals surface area contributed by atoms with Gasteiger partial charge >= 0.3 is 6.29 Å². The van der Waals surface area contributed by atoms with Crippen LogP contribution in [0.15, 0.2) is 36.4 Å². The largest absolute Gasteiger partial charge is 0.586 e. The Morgan fingerprint density at radius 2 is 1.86 bits per heavy atom. The van der Waals surface area contributed by atoms with Crippen molar-refractivity contribution in [2.24, 2.45) is 0 Å². The molecule has 0 radical (unpaired) electrons. The maximum Gasteiger partial charge on any atom is 0.586 e. The minimum atomic E-state index is -3.58. The number of nitrogens with two attached hydrogens (primary N) is 1. The molecule has 0 saturated carbocycles. The Labute approximate surface area is 119 Å². The molecule has 0 atom stereocenters. The topological polar surface area (TPSA) is 47.7 Å². The fraction of sp³-hybridized carbons (Fsp3) is 0.200. The predicted octanol–water partition coefficient (Wildman–Crippen LogP) is 3.11. The molecule has 2 aliphatic rings. The van der Waals surface area contributed by atoms with Gasteiger partial charge in [-0.2, -0.15) is 0 Å². The van der Waals surface area contributed by atoms with Gasteiger partial charge in [0.1, 0.15) is 0 Å². The standard InChI is InChI=1S/C15H12F2N2O2/c16-15(17)20-13-5-4-10(6-14(13)21-15)19-7-9-2-1-3-12(18)11(9)8-19/h1-6H,7-8,18H2. The van der Waals surface area contributed by atoms with E-state index in [2.05, 4.69) is 14.4 Å². The van der Waals surface area contributed by atoms with Crippen molar-refractivity contribution >= 4 is 11.4 Å². The first-order chi connectivity index (χ1) is 10.0. The van der Waals surface area contributed by atoms with E-state index in [1.165, 1.54) is 6.07 Å². The van der Waals surface area contributed by atoms with E-state index in [0.717, 1.165) is 22.5 Å². The van der Waals surface area contributed by atoms with Crippen LogP contribution in [0.1, 0.15) is 11.1 Å². The predicted molar refractivity (Wildman–Crippen MR) is 73.4 cm³/mol. The smallest absolute Gasteiger partial charge is 0.398 e. The minimum Gasteiger partial charge on any atom is -0.398 e. The van der Waals surface area contributed by atoms with E-state index >= 15 is 0 Å². The second-order valence-electron chi connectivity index (χ2n) is 5.14. The molecule has 0 spiro atoms. The normalized spacial score (nSPS) is 17.9. The van der Waals surface area contributed by atoms with Crippen LogP contribution in [-0.2, 0) is 13.1 Å². The highest BCUT2D eigenvalue weighted by atomic mass is 19.3. The number of halogens is 2. The number of nitrogen functional groups attached to an aromatic ring is 1. The van der Waals surface area contributed by atoms with Crippen LogP contribution in [0.5, 0.6) is 11.5 Å². The van der Waals surface area contributed by atoms with Crippen LogP contribution in [0.2, 0.25) is 0 Å². The van der Waals surface area contributed by atoms with E-state index in [4.69, 9.17) is 5.73 Å². The van der Waals surface area contributed by atoms with Crippen molar-refractivity contribution in [1.82, 2.24) is 0 Å². The number of anilines is 2. The lowest BCUT2D eigenvalue weighted by molar-refractivity contribution is -0.286. The first-order valence-corrected chi connectivity index (χ1v) is 6.53. The summed E-state index contributed by atoms with van der Waals surface area (Å²) < 4.78 is 35.0. The number of hydrogen-bond acceptors (Lipinski definition) is 4. The highest BCUT2D eigenvalue weighted by Gasteiger charge is 2.43. The Bertz CT molecular complexity index is 734. The summed E-state index contributed by atoms with van der Waals surface area (Å²) in [4.78, 5) is 2.06. The molecule has 0 aliphatic carbocycles. The number of nitrogens with zero attached hydrogens (tertiary/aromatic N) is 1. The van der Waals surface area contributed by atoms with Crippen molar-refractivity contribution in [1.29, 1.82) is 0 Å². The molecule has 0 fully saturated rings. The van der Waals surface area contributed by atoms with Gasteiger partial charge in [-0.3, -0.25) is 0 Å². The molecule has 2 aromatic carbocycles. The number of rotatable bonds is 1. The van der Waals surface area contributed by atoms with E-state index in [-0.39, 0.29) is 11.5 Å². The van der Waals surface area contributed by atoms with Gasteiger partial charge in [0.25, 0.3) is 0 Å². The number of ether oxygens (including phenoxy) is 2. The molecule has 108 valence electrons. The lowest BCUT2D eigenvalue weighted by Gasteiger charge is -2.18. The first kappa shape index (κ1) is 12.3. The molecule has 2 aromatic rings. The third-order valence-corrected chi connectivity index (χ3v) is 3.77. The molecule has 2 heterocycles. The Morgan fingerprint density at radius 3 is 2.67 bits per heavy atom. The summed E-state index contributed by atoms with van der Waals surface area (Å²) in [6.07, 6.45) is -3.58. The zero-order chi connectivity index (χ0) is 14.6. The van der Waals surface area contributed by atoms with Crippen LogP contribution in [-0.4, -0.2) is 6.29 Å². The maximum absolute atomic E-state index is 13.0. The first-order valence-electron chi connectivity index (χ1n) is 6.53. The fourth-order valence-electron chi connectivity index (χ4n) is 2.76. The Hall–Kier alpha value is -2.50. The van der Waals surface area contributed by atoms with Crippen molar-refractivity contribution in [3.63, 3.8) is 0 Å². The molecule has 0 aromatic heterocycles. The van der Waals surface area contributed by atoms with Crippen LogP contribution in [0.25, 0.3) is 0 Å². The van der Waals surface area contributed by atoms with Gasteiger partial charge in [0.15, 0.2) is 11.5 Å². The van der Waals surface area contributed by atoms with E-state index in [1.54, 1.807) is 12.1 Å². The Kier molecular flexibility index (Phi) is 2.34. The lowest BCUT2D eigenvalue weighted by Crippen LogP contribution is -2.25. The molecule has 2 aliphatic heterocycles. The summed E-state index contributed by atoms with van der Waals surface area (Å²) in [5.74, 6) is 0.112. The van der Waals surface area contributed by atoms with E-state index in [0.29, 0.717) is 13.1 Å². The highest BCUT2D eigenvalue weighted by molar-refractivity contribution is 5.63. The average Bonchev–Trinajstić information content (AvgIpc) is 2.97. The summed E-state index contributed by atoms with van der Waals surface area (Å²) in [5, 5.41) is 0. The van der Waals surface area contributed by atoms with Crippen LogP contribution < -0.4 is 20.1 Å². The summed E-state index contributed by atoms with van der Waals surface area (Å²) in [7, 11) is 0. The van der Waals surface area contributed by atoms with Crippen LogP contribution >= 0.6 is 0 Å².